The molecule has 1 atom stereocenters. The Morgan fingerprint density at radius 1 is 0.970 bits per heavy atom. The Kier molecular flexibility index (Phi) is 6.36. The van der Waals surface area contributed by atoms with Crippen molar-refractivity contribution in [1.29, 1.82) is 0 Å². The number of halogens is 1. The number of carbonyl (C=O) groups is 2. The summed E-state index contributed by atoms with van der Waals surface area (Å²) in [4.78, 5) is 27.8. The van der Waals surface area contributed by atoms with Crippen LogP contribution in [0.1, 0.15) is 54.2 Å². The quantitative estimate of drug-likeness (QED) is 0.297. The molecule has 0 saturated carbocycles. The fourth-order valence-corrected chi connectivity index (χ4v) is 5.46. The SMILES string of the molecule is Cc1ccc(C2(C)CC(C)(C)N(C(=O)CI)c3ccc(NC(=O)c4ccccc4)cc32)cc1. The lowest BCUT2D eigenvalue weighted by Crippen LogP contribution is -2.56. The molecule has 1 aliphatic rings. The van der Waals surface area contributed by atoms with Gasteiger partial charge in [-0.05, 0) is 68.7 Å². The van der Waals surface area contributed by atoms with Crippen molar-refractivity contribution in [1.82, 2.24) is 0 Å². The third-order valence-corrected chi connectivity index (χ3v) is 7.22. The zero-order chi connectivity index (χ0) is 23.8. The molecule has 0 saturated heterocycles. The molecule has 0 spiro atoms. The molecule has 0 radical (unpaired) electrons. The second kappa shape index (κ2) is 8.93. The molecule has 4 rings (SSSR count). The largest absolute Gasteiger partial charge is 0.322 e. The molecule has 3 aromatic rings. The van der Waals surface area contributed by atoms with Gasteiger partial charge in [-0.3, -0.25) is 9.59 Å². The normalized spacial score (nSPS) is 19.0. The molecule has 5 heteroatoms. The second-order valence-electron chi connectivity index (χ2n) is 9.60. The van der Waals surface area contributed by atoms with Crippen LogP contribution in [0.5, 0.6) is 0 Å². The maximum absolute atomic E-state index is 13.0. The van der Waals surface area contributed by atoms with E-state index in [1.54, 1.807) is 12.1 Å². The summed E-state index contributed by atoms with van der Waals surface area (Å²) < 4.78 is 0.411. The van der Waals surface area contributed by atoms with Gasteiger partial charge in [-0.25, -0.2) is 0 Å². The van der Waals surface area contributed by atoms with Crippen molar-refractivity contribution in [3.8, 4) is 0 Å². The summed E-state index contributed by atoms with van der Waals surface area (Å²) >= 11 is 2.14. The molecule has 1 unspecified atom stereocenters. The molecular formula is C28H29IN2O2. The van der Waals surface area contributed by atoms with Gasteiger partial charge in [-0.1, -0.05) is 77.5 Å². The van der Waals surface area contributed by atoms with Gasteiger partial charge in [0.1, 0.15) is 0 Å². The number of carbonyl (C=O) groups excluding carboxylic acids is 2. The number of benzene rings is 3. The highest BCUT2D eigenvalue weighted by atomic mass is 127. The van der Waals surface area contributed by atoms with E-state index in [-0.39, 0.29) is 22.8 Å². The van der Waals surface area contributed by atoms with Crippen LogP contribution in [0.2, 0.25) is 0 Å². The fraction of sp³-hybridized carbons (Fsp3) is 0.286. The van der Waals surface area contributed by atoms with E-state index in [2.05, 4.69) is 79.9 Å². The van der Waals surface area contributed by atoms with Gasteiger partial charge in [0.2, 0.25) is 5.91 Å². The van der Waals surface area contributed by atoms with E-state index >= 15 is 0 Å². The number of fused-ring (bicyclic) bond motifs is 1. The molecule has 3 aromatic carbocycles. The van der Waals surface area contributed by atoms with Crippen molar-refractivity contribution < 1.29 is 9.59 Å². The van der Waals surface area contributed by atoms with Crippen LogP contribution >= 0.6 is 22.6 Å². The molecule has 33 heavy (non-hydrogen) atoms. The molecule has 0 aromatic heterocycles. The molecular weight excluding hydrogens is 523 g/mol. The van der Waals surface area contributed by atoms with E-state index in [1.807, 2.05) is 41.3 Å². The van der Waals surface area contributed by atoms with Gasteiger partial charge in [0, 0.05) is 27.9 Å². The zero-order valence-corrected chi connectivity index (χ0v) is 21.6. The van der Waals surface area contributed by atoms with Gasteiger partial charge in [0.15, 0.2) is 0 Å². The minimum atomic E-state index is -0.357. The highest BCUT2D eigenvalue weighted by Crippen LogP contribution is 2.51. The van der Waals surface area contributed by atoms with Crippen molar-refractivity contribution in [3.05, 3.63) is 95.1 Å². The zero-order valence-electron chi connectivity index (χ0n) is 19.5. The first-order valence-corrected chi connectivity index (χ1v) is 12.7. The maximum atomic E-state index is 13.0. The van der Waals surface area contributed by atoms with E-state index < -0.39 is 0 Å². The first-order chi connectivity index (χ1) is 15.7. The lowest BCUT2D eigenvalue weighted by atomic mass is 9.65. The standard InChI is InChI=1S/C28H29IN2O2/c1-19-10-12-21(13-11-19)28(4)18-27(2,3)31(25(32)17-29)24-15-14-22(16-23(24)28)30-26(33)20-8-6-5-7-9-20/h5-16H,17-18H2,1-4H3,(H,30,33). The molecule has 2 amide bonds. The lowest BCUT2D eigenvalue weighted by molar-refractivity contribution is -0.117. The van der Waals surface area contributed by atoms with Crippen LogP contribution in [-0.2, 0) is 10.2 Å². The topological polar surface area (TPSA) is 49.4 Å². The second-order valence-corrected chi connectivity index (χ2v) is 10.4. The van der Waals surface area contributed by atoms with Crippen LogP contribution in [0, 0.1) is 6.92 Å². The number of anilines is 2. The van der Waals surface area contributed by atoms with Crippen LogP contribution < -0.4 is 10.2 Å². The van der Waals surface area contributed by atoms with E-state index in [4.69, 9.17) is 0 Å². The van der Waals surface area contributed by atoms with Gasteiger partial charge in [0.05, 0.1) is 4.43 Å². The molecule has 170 valence electrons. The Morgan fingerprint density at radius 2 is 1.64 bits per heavy atom. The van der Waals surface area contributed by atoms with Crippen LogP contribution in [0.3, 0.4) is 0 Å². The lowest BCUT2D eigenvalue weighted by Gasteiger charge is -2.51. The van der Waals surface area contributed by atoms with Gasteiger partial charge in [-0.15, -0.1) is 0 Å². The van der Waals surface area contributed by atoms with Gasteiger partial charge in [0.25, 0.3) is 5.91 Å². The predicted molar refractivity (Wildman–Crippen MR) is 144 cm³/mol. The van der Waals surface area contributed by atoms with Gasteiger partial charge < -0.3 is 10.2 Å². The number of hydrogen-bond donors (Lipinski definition) is 1. The van der Waals surface area contributed by atoms with Gasteiger partial charge in [-0.2, -0.15) is 0 Å². The Bertz CT molecular complexity index is 1190. The number of amides is 2. The number of aryl methyl sites for hydroxylation is 1. The van der Waals surface area contributed by atoms with E-state index in [0.717, 1.165) is 23.4 Å². The third kappa shape index (κ3) is 4.43. The van der Waals surface area contributed by atoms with Crippen molar-refractivity contribution in [3.63, 3.8) is 0 Å². The van der Waals surface area contributed by atoms with E-state index in [1.165, 1.54) is 11.1 Å². The van der Waals surface area contributed by atoms with E-state index in [9.17, 15) is 9.59 Å². The average molecular weight is 552 g/mol. The number of nitrogens with one attached hydrogen (secondary N) is 1. The average Bonchev–Trinajstić information content (AvgIpc) is 2.79. The summed E-state index contributed by atoms with van der Waals surface area (Å²) in [5.41, 5.74) is 5.04. The minimum absolute atomic E-state index is 0.0916. The smallest absolute Gasteiger partial charge is 0.255 e. The van der Waals surface area contributed by atoms with Gasteiger partial charge >= 0.3 is 0 Å². The monoisotopic (exact) mass is 552 g/mol. The van der Waals surface area contributed by atoms with Crippen molar-refractivity contribution >= 4 is 45.8 Å². The summed E-state index contributed by atoms with van der Waals surface area (Å²) in [6.07, 6.45) is 0.772. The molecule has 0 aliphatic carbocycles. The van der Waals surface area contributed by atoms with Crippen LogP contribution in [0.15, 0.2) is 72.8 Å². The first kappa shape index (κ1) is 23.5. The number of rotatable bonds is 4. The van der Waals surface area contributed by atoms with Crippen LogP contribution in [-0.4, -0.2) is 21.8 Å². The summed E-state index contributed by atoms with van der Waals surface area (Å²) in [7, 11) is 0. The molecule has 0 bridgehead atoms. The van der Waals surface area contributed by atoms with E-state index in [0.29, 0.717) is 9.99 Å². The summed E-state index contributed by atoms with van der Waals surface area (Å²) in [5.74, 6) is -0.0576. The molecule has 1 aliphatic heterocycles. The summed E-state index contributed by atoms with van der Waals surface area (Å²) in [5, 5.41) is 3.04. The summed E-state index contributed by atoms with van der Waals surface area (Å²) in [6, 6.07) is 23.7. The fourth-order valence-electron chi connectivity index (χ4n) is 5.12. The van der Waals surface area contributed by atoms with Crippen LogP contribution in [0.25, 0.3) is 0 Å². The highest BCUT2D eigenvalue weighted by Gasteiger charge is 2.47. The summed E-state index contributed by atoms with van der Waals surface area (Å²) in [6.45, 7) is 8.60. The van der Waals surface area contributed by atoms with Crippen LogP contribution in [0.4, 0.5) is 11.4 Å². The molecule has 1 N–H and O–H groups in total. The highest BCUT2D eigenvalue weighted by molar-refractivity contribution is 14.1. The Morgan fingerprint density at radius 3 is 2.27 bits per heavy atom. The van der Waals surface area contributed by atoms with Crippen molar-refractivity contribution in [2.24, 2.45) is 0 Å². The number of hydrogen-bond acceptors (Lipinski definition) is 2. The first-order valence-electron chi connectivity index (χ1n) is 11.1. The van der Waals surface area contributed by atoms with Crippen molar-refractivity contribution in [2.45, 2.75) is 45.1 Å². The Labute approximate surface area is 209 Å². The molecule has 0 fully saturated rings. The Hall–Kier alpha value is -2.67. The minimum Gasteiger partial charge on any atom is -0.322 e. The predicted octanol–water partition coefficient (Wildman–Crippen LogP) is 6.50. The maximum Gasteiger partial charge on any atom is 0.255 e. The third-order valence-electron chi connectivity index (χ3n) is 6.57. The number of nitrogens with zero attached hydrogens (tertiary/aromatic N) is 1. The molecule has 1 heterocycles. The van der Waals surface area contributed by atoms with Crippen molar-refractivity contribution in [2.75, 3.05) is 14.6 Å². The Balaban J connectivity index is 1.84. The number of alkyl halides is 1. The molecule has 4 nitrogen and oxygen atoms in total.